The Bertz CT molecular complexity index is 363. The van der Waals surface area contributed by atoms with E-state index in [0.717, 1.165) is 29.7 Å². The molecule has 1 saturated carbocycles. The number of hydrogen-bond acceptors (Lipinski definition) is 2. The van der Waals surface area contributed by atoms with Crippen LogP contribution in [0, 0.1) is 5.92 Å². The van der Waals surface area contributed by atoms with Crippen LogP contribution in [0.15, 0.2) is 15.9 Å². The molecule has 17 heavy (non-hydrogen) atoms. The minimum absolute atomic E-state index is 0.450. The number of rotatable bonds is 3. The molecule has 0 spiro atoms. The van der Waals surface area contributed by atoms with E-state index in [1.165, 1.54) is 30.6 Å². The molecular formula is C14H21BrOS. The van der Waals surface area contributed by atoms with Gasteiger partial charge in [-0.25, -0.2) is 0 Å². The van der Waals surface area contributed by atoms with Gasteiger partial charge >= 0.3 is 0 Å². The Morgan fingerprint density at radius 2 is 2.29 bits per heavy atom. The van der Waals surface area contributed by atoms with Crippen molar-refractivity contribution >= 4 is 27.3 Å². The quantitative estimate of drug-likeness (QED) is 0.796. The van der Waals surface area contributed by atoms with Crippen molar-refractivity contribution in [1.29, 1.82) is 0 Å². The Balaban J connectivity index is 1.98. The van der Waals surface area contributed by atoms with E-state index in [0.29, 0.717) is 0 Å². The normalized spacial score (nSPS) is 30.2. The van der Waals surface area contributed by atoms with Crippen LogP contribution in [0.4, 0.5) is 0 Å². The van der Waals surface area contributed by atoms with Gasteiger partial charge in [0.1, 0.15) is 0 Å². The molecule has 0 saturated heterocycles. The second-order valence-corrected chi connectivity index (χ2v) is 7.25. The van der Waals surface area contributed by atoms with Gasteiger partial charge in [-0.05, 0) is 47.2 Å². The Morgan fingerprint density at radius 3 is 2.94 bits per heavy atom. The predicted octanol–water partition coefficient (Wildman–Crippen LogP) is 4.77. The Labute approximate surface area is 116 Å². The first kappa shape index (κ1) is 13.6. The maximum Gasteiger partial charge on any atom is 0.0696 e. The Morgan fingerprint density at radius 1 is 1.47 bits per heavy atom. The van der Waals surface area contributed by atoms with Crippen LogP contribution in [0.3, 0.4) is 0 Å². The number of halogens is 1. The standard InChI is InChI=1S/C14H21BrOS/c1-2-11-4-3-6-14(16,7-5-11)9-13-8-12(15)10-17-13/h8,10-11,16H,2-7,9H2,1H3. The van der Waals surface area contributed by atoms with Gasteiger partial charge in [0.05, 0.1) is 5.60 Å². The van der Waals surface area contributed by atoms with Crippen molar-refractivity contribution < 1.29 is 5.11 Å². The highest BCUT2D eigenvalue weighted by Gasteiger charge is 2.30. The average Bonchev–Trinajstić information content (AvgIpc) is 2.59. The van der Waals surface area contributed by atoms with Crippen LogP contribution >= 0.6 is 27.3 Å². The molecular weight excluding hydrogens is 296 g/mol. The second-order valence-electron chi connectivity index (χ2n) is 5.34. The number of thiophene rings is 1. The smallest absolute Gasteiger partial charge is 0.0696 e. The fourth-order valence-electron chi connectivity index (χ4n) is 2.82. The minimum atomic E-state index is -0.450. The first-order chi connectivity index (χ1) is 8.11. The van der Waals surface area contributed by atoms with Gasteiger partial charge in [-0.2, -0.15) is 0 Å². The highest BCUT2D eigenvalue weighted by molar-refractivity contribution is 9.10. The summed E-state index contributed by atoms with van der Waals surface area (Å²) in [7, 11) is 0. The monoisotopic (exact) mass is 316 g/mol. The lowest BCUT2D eigenvalue weighted by molar-refractivity contribution is 0.0249. The zero-order valence-corrected chi connectivity index (χ0v) is 12.8. The van der Waals surface area contributed by atoms with Crippen molar-refractivity contribution in [2.24, 2.45) is 5.92 Å². The van der Waals surface area contributed by atoms with Gasteiger partial charge in [0.25, 0.3) is 0 Å². The van der Waals surface area contributed by atoms with E-state index in [2.05, 4.69) is 34.3 Å². The van der Waals surface area contributed by atoms with E-state index >= 15 is 0 Å². The molecule has 3 heteroatoms. The van der Waals surface area contributed by atoms with E-state index in [-0.39, 0.29) is 0 Å². The van der Waals surface area contributed by atoms with Gasteiger partial charge in [0, 0.05) is 21.2 Å². The molecule has 1 aliphatic carbocycles. The van der Waals surface area contributed by atoms with Crippen molar-refractivity contribution in [2.45, 2.75) is 57.5 Å². The predicted molar refractivity (Wildman–Crippen MR) is 77.5 cm³/mol. The molecule has 2 atom stereocenters. The van der Waals surface area contributed by atoms with Gasteiger partial charge in [-0.15, -0.1) is 11.3 Å². The largest absolute Gasteiger partial charge is 0.390 e. The highest BCUT2D eigenvalue weighted by atomic mass is 79.9. The SMILES string of the molecule is CCC1CCCC(O)(Cc2cc(Br)cs2)CC1. The summed E-state index contributed by atoms with van der Waals surface area (Å²) in [6.07, 6.45) is 7.72. The molecule has 96 valence electrons. The van der Waals surface area contributed by atoms with Crippen molar-refractivity contribution in [3.63, 3.8) is 0 Å². The third-order valence-electron chi connectivity index (χ3n) is 3.97. The molecule has 2 unspecified atom stereocenters. The van der Waals surface area contributed by atoms with E-state index in [4.69, 9.17) is 0 Å². The molecule has 0 aliphatic heterocycles. The lowest BCUT2D eigenvalue weighted by Crippen LogP contribution is -2.30. The molecule has 2 rings (SSSR count). The minimum Gasteiger partial charge on any atom is -0.390 e. The second kappa shape index (κ2) is 5.85. The summed E-state index contributed by atoms with van der Waals surface area (Å²) in [5.41, 5.74) is -0.450. The maximum absolute atomic E-state index is 10.7. The average molecular weight is 317 g/mol. The number of aliphatic hydroxyl groups is 1. The summed E-state index contributed by atoms with van der Waals surface area (Å²) in [4.78, 5) is 1.30. The zero-order chi connectivity index (χ0) is 12.3. The third kappa shape index (κ3) is 3.80. The van der Waals surface area contributed by atoms with E-state index in [1.807, 2.05) is 0 Å². The van der Waals surface area contributed by atoms with Crippen LogP contribution in [0.25, 0.3) is 0 Å². The van der Waals surface area contributed by atoms with Crippen LogP contribution in [0.5, 0.6) is 0 Å². The molecule has 1 aromatic rings. The maximum atomic E-state index is 10.7. The molecule has 1 fully saturated rings. The molecule has 1 heterocycles. The topological polar surface area (TPSA) is 20.2 Å². The van der Waals surface area contributed by atoms with E-state index in [1.54, 1.807) is 11.3 Å². The molecule has 0 amide bonds. The summed E-state index contributed by atoms with van der Waals surface area (Å²) < 4.78 is 1.14. The zero-order valence-electron chi connectivity index (χ0n) is 10.4. The first-order valence-electron chi connectivity index (χ1n) is 6.56. The molecule has 0 bridgehead atoms. The first-order valence-corrected chi connectivity index (χ1v) is 8.24. The van der Waals surface area contributed by atoms with Crippen molar-refractivity contribution in [1.82, 2.24) is 0 Å². The third-order valence-corrected chi connectivity index (χ3v) is 5.67. The fourth-order valence-corrected chi connectivity index (χ4v) is 4.41. The Kier molecular flexibility index (Phi) is 4.67. The van der Waals surface area contributed by atoms with Crippen LogP contribution in [-0.2, 0) is 6.42 Å². The number of hydrogen-bond donors (Lipinski definition) is 1. The van der Waals surface area contributed by atoms with Gasteiger partial charge in [0.2, 0.25) is 0 Å². The van der Waals surface area contributed by atoms with Crippen LogP contribution in [0.2, 0.25) is 0 Å². The molecule has 1 aromatic heterocycles. The van der Waals surface area contributed by atoms with E-state index < -0.39 is 5.60 Å². The summed E-state index contributed by atoms with van der Waals surface area (Å²) in [6, 6.07) is 2.14. The van der Waals surface area contributed by atoms with Crippen molar-refractivity contribution in [3.05, 3.63) is 20.8 Å². The molecule has 0 radical (unpaired) electrons. The van der Waals surface area contributed by atoms with E-state index in [9.17, 15) is 5.11 Å². The van der Waals surface area contributed by atoms with Gasteiger partial charge in [-0.3, -0.25) is 0 Å². The van der Waals surface area contributed by atoms with Gasteiger partial charge in [0.15, 0.2) is 0 Å². The molecule has 0 aromatic carbocycles. The van der Waals surface area contributed by atoms with Crippen LogP contribution in [0.1, 0.15) is 50.3 Å². The van der Waals surface area contributed by atoms with Gasteiger partial charge in [-0.1, -0.05) is 26.2 Å². The van der Waals surface area contributed by atoms with Gasteiger partial charge < -0.3 is 5.11 Å². The lowest BCUT2D eigenvalue weighted by atomic mass is 9.89. The van der Waals surface area contributed by atoms with Crippen LogP contribution in [-0.4, -0.2) is 10.7 Å². The molecule has 1 N–H and O–H groups in total. The lowest BCUT2D eigenvalue weighted by Gasteiger charge is -2.26. The highest BCUT2D eigenvalue weighted by Crippen LogP contribution is 2.35. The van der Waals surface area contributed by atoms with Crippen molar-refractivity contribution in [3.8, 4) is 0 Å². The summed E-state index contributed by atoms with van der Waals surface area (Å²) in [6.45, 7) is 2.27. The van der Waals surface area contributed by atoms with Crippen molar-refractivity contribution in [2.75, 3.05) is 0 Å². The summed E-state index contributed by atoms with van der Waals surface area (Å²) in [5, 5.41) is 12.8. The summed E-state index contributed by atoms with van der Waals surface area (Å²) >= 11 is 5.23. The Hall–Kier alpha value is 0.140. The molecule has 1 nitrogen and oxygen atoms in total. The fraction of sp³-hybridized carbons (Fsp3) is 0.714. The molecule has 1 aliphatic rings. The summed E-state index contributed by atoms with van der Waals surface area (Å²) in [5.74, 6) is 0.832. The van der Waals surface area contributed by atoms with Crippen LogP contribution < -0.4 is 0 Å².